The number of benzene rings is 2. The molecule has 5 rings (SSSR count). The maximum Gasteiger partial charge on any atom is 0.273 e. The highest BCUT2D eigenvalue weighted by molar-refractivity contribution is 7.09. The van der Waals surface area contributed by atoms with Gasteiger partial charge in [-0.05, 0) is 67.2 Å². The largest absolute Gasteiger partial charge is 0.395 e. The van der Waals surface area contributed by atoms with Gasteiger partial charge in [-0.2, -0.15) is 4.37 Å². The van der Waals surface area contributed by atoms with Crippen LogP contribution in [0.5, 0.6) is 0 Å². The molecular weight excluding hydrogens is 516 g/mol. The van der Waals surface area contributed by atoms with E-state index in [-0.39, 0.29) is 28.3 Å². The molecule has 3 amide bonds. The highest BCUT2D eigenvalue weighted by Crippen LogP contribution is 2.34. The van der Waals surface area contributed by atoms with Crippen LogP contribution in [0.25, 0.3) is 10.9 Å². The third-order valence-corrected chi connectivity index (χ3v) is 7.51. The number of rotatable bonds is 8. The molecule has 3 heterocycles. The quantitative estimate of drug-likeness (QED) is 0.307. The lowest BCUT2D eigenvalue weighted by atomic mass is 10.00. The zero-order chi connectivity index (χ0) is 27.5. The summed E-state index contributed by atoms with van der Waals surface area (Å²) < 4.78 is 9.69. The number of carbonyl (C=O) groups is 3. The zero-order valence-electron chi connectivity index (χ0n) is 21.3. The number of carbonyl (C=O) groups excluding carboxylic acids is 3. The van der Waals surface area contributed by atoms with Crippen LogP contribution in [-0.4, -0.2) is 46.3 Å². The van der Waals surface area contributed by atoms with Crippen molar-refractivity contribution in [3.63, 3.8) is 0 Å². The fraction of sp³-hybridized carbons (Fsp3) is 0.250. The van der Waals surface area contributed by atoms with Crippen molar-refractivity contribution in [2.24, 2.45) is 5.73 Å². The molecule has 2 aromatic heterocycles. The minimum Gasteiger partial charge on any atom is -0.395 e. The number of pyridine rings is 1. The van der Waals surface area contributed by atoms with Gasteiger partial charge in [0.2, 0.25) is 5.91 Å². The molecule has 39 heavy (non-hydrogen) atoms. The van der Waals surface area contributed by atoms with Crippen molar-refractivity contribution in [2.45, 2.75) is 31.9 Å². The molecule has 1 aliphatic heterocycles. The molecule has 1 aliphatic rings. The molecule has 2 atom stereocenters. The van der Waals surface area contributed by atoms with E-state index in [1.54, 1.807) is 24.4 Å². The Morgan fingerprint density at radius 1 is 1.18 bits per heavy atom. The number of aryl methyl sites for hydroxylation is 1. The smallest absolute Gasteiger partial charge is 0.273 e. The number of hydrogen-bond acceptors (Lipinski definition) is 8. The van der Waals surface area contributed by atoms with Gasteiger partial charge in [0.05, 0.1) is 17.3 Å². The van der Waals surface area contributed by atoms with Crippen LogP contribution >= 0.6 is 11.5 Å². The number of hydrogen-bond donors (Lipinski definition) is 3. The SMILES string of the molecule is Cc1ccc(N(C(=O)c2snc(C(N)=O)c2N)[C@@H](C(=O)NC[C@H]2CCCO2)c2ccc3ncccc3c2)cc1. The molecule has 11 heteroatoms. The summed E-state index contributed by atoms with van der Waals surface area (Å²) in [6.45, 7) is 2.90. The van der Waals surface area contributed by atoms with Crippen molar-refractivity contribution in [2.75, 3.05) is 23.8 Å². The zero-order valence-corrected chi connectivity index (χ0v) is 22.1. The molecule has 2 aromatic carbocycles. The third-order valence-electron chi connectivity index (χ3n) is 6.66. The number of nitrogens with one attached hydrogen (secondary N) is 1. The maximum absolute atomic E-state index is 14.2. The first-order chi connectivity index (χ1) is 18.8. The van der Waals surface area contributed by atoms with Gasteiger partial charge < -0.3 is 21.5 Å². The number of aromatic nitrogens is 2. The van der Waals surface area contributed by atoms with E-state index in [9.17, 15) is 14.4 Å². The van der Waals surface area contributed by atoms with Crippen LogP contribution in [0, 0.1) is 6.92 Å². The van der Waals surface area contributed by atoms with Crippen LogP contribution in [0.15, 0.2) is 60.8 Å². The summed E-state index contributed by atoms with van der Waals surface area (Å²) in [6, 6.07) is 15.3. The van der Waals surface area contributed by atoms with E-state index in [2.05, 4.69) is 14.7 Å². The Labute approximate surface area is 229 Å². The van der Waals surface area contributed by atoms with Gasteiger partial charge in [0.1, 0.15) is 10.9 Å². The first-order valence-electron chi connectivity index (χ1n) is 12.5. The van der Waals surface area contributed by atoms with Gasteiger partial charge >= 0.3 is 0 Å². The Hall–Kier alpha value is -4.35. The first kappa shape index (κ1) is 26.3. The lowest BCUT2D eigenvalue weighted by molar-refractivity contribution is -0.123. The molecule has 0 radical (unpaired) electrons. The molecule has 10 nitrogen and oxygen atoms in total. The van der Waals surface area contributed by atoms with E-state index in [0.717, 1.165) is 40.8 Å². The fourth-order valence-electron chi connectivity index (χ4n) is 4.63. The van der Waals surface area contributed by atoms with Crippen molar-refractivity contribution in [1.29, 1.82) is 0 Å². The van der Waals surface area contributed by atoms with Gasteiger partial charge in [-0.25, -0.2) is 0 Å². The first-order valence-corrected chi connectivity index (χ1v) is 13.3. The lowest BCUT2D eigenvalue weighted by Gasteiger charge is -2.32. The van der Waals surface area contributed by atoms with Gasteiger partial charge in [-0.3, -0.25) is 24.3 Å². The molecule has 1 fully saturated rings. The number of ether oxygens (including phenoxy) is 1. The molecule has 4 aromatic rings. The standard InChI is InChI=1S/C28H28N6O4S/c1-16-6-9-19(10-7-16)34(28(37)25-22(29)23(26(30)35)33-39-25)24(27(36)32-15-20-5-3-13-38-20)18-8-11-21-17(14-18)4-2-12-31-21/h2,4,6-12,14,20,24H,3,5,13,15,29H2,1H3,(H2,30,35)(H,32,36)/t20-,24-/m1/s1. The Bertz CT molecular complexity index is 1530. The van der Waals surface area contributed by atoms with Gasteiger partial charge in [0.25, 0.3) is 11.8 Å². The van der Waals surface area contributed by atoms with Crippen molar-refractivity contribution in [3.8, 4) is 0 Å². The minimum absolute atomic E-state index is 0.0174. The Morgan fingerprint density at radius 2 is 1.97 bits per heavy atom. The molecule has 1 saturated heterocycles. The molecule has 0 saturated carbocycles. The molecule has 200 valence electrons. The average molecular weight is 545 g/mol. The summed E-state index contributed by atoms with van der Waals surface area (Å²) >= 11 is 0.771. The average Bonchev–Trinajstić information content (AvgIpc) is 3.60. The normalized spacial score (nSPS) is 15.7. The highest BCUT2D eigenvalue weighted by atomic mass is 32.1. The monoisotopic (exact) mass is 544 g/mol. The van der Waals surface area contributed by atoms with Gasteiger partial charge in [-0.15, -0.1) is 0 Å². The topological polar surface area (TPSA) is 154 Å². The van der Waals surface area contributed by atoms with Crippen LogP contribution in [-0.2, 0) is 9.53 Å². The van der Waals surface area contributed by atoms with Crippen molar-refractivity contribution in [3.05, 3.63) is 82.5 Å². The van der Waals surface area contributed by atoms with Crippen molar-refractivity contribution in [1.82, 2.24) is 14.7 Å². The molecule has 5 N–H and O–H groups in total. The van der Waals surface area contributed by atoms with Crippen molar-refractivity contribution < 1.29 is 19.1 Å². The van der Waals surface area contributed by atoms with Crippen molar-refractivity contribution >= 4 is 51.5 Å². The van der Waals surface area contributed by atoms with E-state index in [1.807, 2.05) is 43.3 Å². The summed E-state index contributed by atoms with van der Waals surface area (Å²) in [5, 5.41) is 3.80. The number of fused-ring (bicyclic) bond motifs is 1. The predicted octanol–water partition coefficient (Wildman–Crippen LogP) is 3.36. The Morgan fingerprint density at radius 3 is 2.67 bits per heavy atom. The number of primary amides is 1. The predicted molar refractivity (Wildman–Crippen MR) is 150 cm³/mol. The second-order valence-electron chi connectivity index (χ2n) is 9.39. The summed E-state index contributed by atoms with van der Waals surface area (Å²) in [6.07, 6.45) is 3.39. The molecule has 0 bridgehead atoms. The van der Waals surface area contributed by atoms with E-state index in [1.165, 1.54) is 4.90 Å². The lowest BCUT2D eigenvalue weighted by Crippen LogP contribution is -2.45. The summed E-state index contributed by atoms with van der Waals surface area (Å²) in [7, 11) is 0. The Balaban J connectivity index is 1.63. The van der Waals surface area contributed by atoms with Crippen LogP contribution in [0.1, 0.15) is 50.2 Å². The molecule has 0 spiro atoms. The number of anilines is 2. The van der Waals surface area contributed by atoms with E-state index < -0.39 is 17.9 Å². The number of amides is 3. The minimum atomic E-state index is -1.08. The number of nitrogens with zero attached hydrogens (tertiary/aromatic N) is 3. The fourth-order valence-corrected chi connectivity index (χ4v) is 5.37. The highest BCUT2D eigenvalue weighted by Gasteiger charge is 2.36. The van der Waals surface area contributed by atoms with E-state index in [4.69, 9.17) is 16.2 Å². The van der Waals surface area contributed by atoms with Crippen LogP contribution in [0.3, 0.4) is 0 Å². The summed E-state index contributed by atoms with van der Waals surface area (Å²) in [5.41, 5.74) is 14.0. The molecule has 0 unspecified atom stereocenters. The van der Waals surface area contributed by atoms with Crippen LogP contribution in [0.4, 0.5) is 11.4 Å². The van der Waals surface area contributed by atoms with Crippen LogP contribution < -0.4 is 21.7 Å². The van der Waals surface area contributed by atoms with E-state index in [0.29, 0.717) is 24.4 Å². The Kier molecular flexibility index (Phi) is 7.53. The van der Waals surface area contributed by atoms with Gasteiger partial charge in [0, 0.05) is 30.4 Å². The van der Waals surface area contributed by atoms with Gasteiger partial charge in [-0.1, -0.05) is 29.8 Å². The summed E-state index contributed by atoms with van der Waals surface area (Å²) in [4.78, 5) is 45.7. The maximum atomic E-state index is 14.2. The van der Waals surface area contributed by atoms with Crippen LogP contribution in [0.2, 0.25) is 0 Å². The number of nitrogens with two attached hydrogens (primary N) is 2. The third kappa shape index (κ3) is 5.45. The molecule has 0 aliphatic carbocycles. The van der Waals surface area contributed by atoms with E-state index >= 15 is 0 Å². The number of nitrogen functional groups attached to an aromatic ring is 1. The second kappa shape index (κ2) is 11.2. The molecular formula is C28H28N6O4S. The van der Waals surface area contributed by atoms with Gasteiger partial charge in [0.15, 0.2) is 5.69 Å². The second-order valence-corrected chi connectivity index (χ2v) is 10.2. The summed E-state index contributed by atoms with van der Waals surface area (Å²) in [5.74, 6) is -1.80.